The Morgan fingerprint density at radius 1 is 0.396 bits per heavy atom. The van der Waals surface area contributed by atoms with Gasteiger partial charge in [0.1, 0.15) is 13.1 Å². The lowest BCUT2D eigenvalue weighted by Crippen LogP contribution is -3.00. The van der Waals surface area contributed by atoms with Crippen LogP contribution in [0.1, 0.15) is 72.2 Å². The lowest BCUT2D eigenvalue weighted by atomic mass is 10.1. The first kappa shape index (κ1) is 37.5. The molecular weight excluding hydrogens is 810 g/mol. The molecule has 0 aliphatic carbocycles. The molecule has 0 aliphatic heterocycles. The fourth-order valence-corrected chi connectivity index (χ4v) is 6.31. The van der Waals surface area contributed by atoms with Gasteiger partial charge in [-0.05, 0) is 74.2 Å². The zero-order valence-corrected chi connectivity index (χ0v) is 32.5. The molecule has 6 rings (SSSR count). The van der Waals surface area contributed by atoms with Crippen molar-refractivity contribution in [2.45, 2.75) is 65.5 Å². The number of halogens is 2. The third-order valence-electron chi connectivity index (χ3n) is 9.01. The van der Waals surface area contributed by atoms with E-state index < -0.39 is 0 Å². The summed E-state index contributed by atoms with van der Waals surface area (Å²) in [6.45, 7) is 6.35. The number of aromatic nitrogens is 2. The van der Waals surface area contributed by atoms with Gasteiger partial charge in [-0.25, -0.2) is 0 Å². The van der Waals surface area contributed by atoms with Crippen molar-refractivity contribution in [2.75, 3.05) is 0 Å². The van der Waals surface area contributed by atoms with Crippen LogP contribution in [0.5, 0.6) is 0 Å². The molecule has 2 heterocycles. The van der Waals surface area contributed by atoms with Crippen molar-refractivity contribution >= 4 is 46.1 Å². The highest BCUT2D eigenvalue weighted by molar-refractivity contribution is 5.78. The summed E-state index contributed by atoms with van der Waals surface area (Å²) in [7, 11) is 0. The van der Waals surface area contributed by atoms with Crippen molar-refractivity contribution in [3.05, 3.63) is 155 Å². The second kappa shape index (κ2) is 19.0. The Morgan fingerprint density at radius 2 is 0.771 bits per heavy atom. The van der Waals surface area contributed by atoms with E-state index in [1.165, 1.54) is 94.0 Å². The SMILES string of the molecule is Cc1ccc(/C=C/c2ccc3ccccc3[n+]2CCCCCCCC[n+]2c(/C=C/c3ccc(C)cc3)ccc3ccccc32)cc1.[I-].[I-]. The lowest BCUT2D eigenvalue weighted by molar-refractivity contribution is -0.673. The van der Waals surface area contributed by atoms with Crippen LogP contribution in [0.15, 0.2) is 121 Å². The van der Waals surface area contributed by atoms with Crippen LogP contribution in [0.4, 0.5) is 0 Å². The second-order valence-corrected chi connectivity index (χ2v) is 12.5. The summed E-state index contributed by atoms with van der Waals surface area (Å²) >= 11 is 0. The van der Waals surface area contributed by atoms with Gasteiger partial charge in [-0.3, -0.25) is 0 Å². The lowest BCUT2D eigenvalue weighted by Gasteiger charge is -2.07. The highest BCUT2D eigenvalue weighted by Crippen LogP contribution is 2.17. The molecule has 48 heavy (non-hydrogen) atoms. The standard InChI is InChI=1S/C44H46N2.2HI/c1-35-17-21-37(22-18-35)25-29-41-31-27-39-13-7-9-15-43(39)45(41)33-11-5-3-4-6-12-34-46-42(30-26-38-23-19-36(2)20-24-38)32-28-40-14-8-10-16-44(40)46;;/h7-10,13-32H,3-6,11-12,33-34H2,1-2H3;2*1H/q+2;;/p-2/b29-25+,30-26+;;. The van der Waals surface area contributed by atoms with Gasteiger partial charge in [0.2, 0.25) is 22.4 Å². The summed E-state index contributed by atoms with van der Waals surface area (Å²) < 4.78 is 5.01. The maximum atomic E-state index is 2.50. The van der Waals surface area contributed by atoms with Gasteiger partial charge in [0.25, 0.3) is 0 Å². The van der Waals surface area contributed by atoms with Gasteiger partial charge in [0.05, 0.1) is 0 Å². The zero-order valence-electron chi connectivity index (χ0n) is 28.2. The third kappa shape index (κ3) is 10.1. The van der Waals surface area contributed by atoms with Crippen molar-refractivity contribution in [2.24, 2.45) is 0 Å². The Balaban J connectivity index is 0.00000260. The van der Waals surface area contributed by atoms with Crippen LogP contribution in [-0.4, -0.2) is 0 Å². The normalized spacial score (nSPS) is 11.3. The van der Waals surface area contributed by atoms with E-state index in [9.17, 15) is 0 Å². The van der Waals surface area contributed by atoms with Gasteiger partial charge in [-0.15, -0.1) is 0 Å². The predicted molar refractivity (Wildman–Crippen MR) is 196 cm³/mol. The minimum atomic E-state index is 0. The topological polar surface area (TPSA) is 7.76 Å². The number of rotatable bonds is 13. The predicted octanol–water partition coefficient (Wildman–Crippen LogP) is 4.57. The Kier molecular flexibility index (Phi) is 14.8. The molecule has 0 atom stereocenters. The number of unbranched alkanes of at least 4 members (excludes halogenated alkanes) is 5. The molecule has 0 amide bonds. The molecule has 246 valence electrons. The molecule has 0 unspecified atom stereocenters. The highest BCUT2D eigenvalue weighted by Gasteiger charge is 2.15. The molecule has 0 N–H and O–H groups in total. The molecule has 0 saturated carbocycles. The van der Waals surface area contributed by atoms with Gasteiger partial charge in [0.15, 0.2) is 0 Å². The maximum absolute atomic E-state index is 2.50. The number of nitrogens with zero attached hydrogens (tertiary/aromatic N) is 2. The number of para-hydroxylation sites is 2. The van der Waals surface area contributed by atoms with E-state index in [2.05, 4.69) is 169 Å². The van der Waals surface area contributed by atoms with Crippen LogP contribution >= 0.6 is 0 Å². The molecule has 4 heteroatoms. The molecule has 0 fully saturated rings. The summed E-state index contributed by atoms with van der Waals surface area (Å²) in [4.78, 5) is 0. The van der Waals surface area contributed by atoms with E-state index in [0.29, 0.717) is 0 Å². The Morgan fingerprint density at radius 3 is 1.19 bits per heavy atom. The summed E-state index contributed by atoms with van der Waals surface area (Å²) in [6.07, 6.45) is 16.5. The van der Waals surface area contributed by atoms with Crippen molar-refractivity contribution < 1.29 is 57.1 Å². The van der Waals surface area contributed by atoms with E-state index in [1.807, 2.05) is 0 Å². The van der Waals surface area contributed by atoms with E-state index in [-0.39, 0.29) is 48.0 Å². The van der Waals surface area contributed by atoms with Gasteiger partial charge in [-0.1, -0.05) is 96.8 Å². The molecule has 0 saturated heterocycles. The van der Waals surface area contributed by atoms with Crippen LogP contribution in [0.2, 0.25) is 0 Å². The van der Waals surface area contributed by atoms with Crippen molar-refractivity contribution in [3.8, 4) is 0 Å². The number of fused-ring (bicyclic) bond motifs is 2. The molecule has 0 bridgehead atoms. The van der Waals surface area contributed by atoms with E-state index >= 15 is 0 Å². The van der Waals surface area contributed by atoms with Gasteiger partial charge in [0, 0.05) is 60.0 Å². The average Bonchev–Trinajstić information content (AvgIpc) is 3.09. The van der Waals surface area contributed by atoms with Gasteiger partial charge in [-0.2, -0.15) is 9.13 Å². The van der Waals surface area contributed by atoms with Crippen molar-refractivity contribution in [1.29, 1.82) is 0 Å². The summed E-state index contributed by atoms with van der Waals surface area (Å²) in [6, 6.07) is 44.0. The second-order valence-electron chi connectivity index (χ2n) is 12.5. The molecule has 0 aliphatic rings. The number of hydrogen-bond donors (Lipinski definition) is 0. The first-order valence-electron chi connectivity index (χ1n) is 17.0. The van der Waals surface area contributed by atoms with E-state index in [4.69, 9.17) is 0 Å². The van der Waals surface area contributed by atoms with Crippen LogP contribution in [0, 0.1) is 13.8 Å². The van der Waals surface area contributed by atoms with Gasteiger partial charge >= 0.3 is 0 Å². The Hall–Kier alpha value is -3.36. The van der Waals surface area contributed by atoms with Crippen LogP contribution in [0.3, 0.4) is 0 Å². The first-order valence-corrected chi connectivity index (χ1v) is 17.0. The fraction of sp³-hybridized carbons (Fsp3) is 0.227. The van der Waals surface area contributed by atoms with Crippen LogP contribution in [-0.2, 0) is 13.1 Å². The summed E-state index contributed by atoms with van der Waals surface area (Å²) in [5.41, 5.74) is 10.2. The van der Waals surface area contributed by atoms with Crippen LogP contribution < -0.4 is 57.1 Å². The molecule has 0 spiro atoms. The van der Waals surface area contributed by atoms with Gasteiger partial charge < -0.3 is 48.0 Å². The number of pyridine rings is 2. The largest absolute Gasteiger partial charge is 1.00 e. The first-order chi connectivity index (χ1) is 22.6. The maximum Gasteiger partial charge on any atom is 0.212 e. The molecule has 2 aromatic heterocycles. The van der Waals surface area contributed by atoms with E-state index in [0.717, 1.165) is 13.1 Å². The number of benzene rings is 4. The monoisotopic (exact) mass is 856 g/mol. The van der Waals surface area contributed by atoms with E-state index in [1.54, 1.807) is 0 Å². The quantitative estimate of drug-likeness (QED) is 0.0915. The average molecular weight is 857 g/mol. The van der Waals surface area contributed by atoms with Crippen molar-refractivity contribution in [3.63, 3.8) is 0 Å². The summed E-state index contributed by atoms with van der Waals surface area (Å²) in [5.74, 6) is 0. The number of hydrogen-bond acceptors (Lipinski definition) is 0. The zero-order chi connectivity index (χ0) is 31.6. The van der Waals surface area contributed by atoms with Crippen molar-refractivity contribution in [1.82, 2.24) is 0 Å². The smallest absolute Gasteiger partial charge is 0.212 e. The Labute approximate surface area is 321 Å². The third-order valence-corrected chi connectivity index (χ3v) is 9.01. The fourth-order valence-electron chi connectivity index (χ4n) is 6.31. The minimum Gasteiger partial charge on any atom is -1.00 e. The number of aryl methyl sites for hydroxylation is 4. The summed E-state index contributed by atoms with van der Waals surface area (Å²) in [5, 5.41) is 2.60. The van der Waals surface area contributed by atoms with Crippen LogP contribution in [0.25, 0.3) is 46.1 Å². The Bertz CT molecular complexity index is 1810. The molecular formula is C44H46I2N2. The molecule has 2 nitrogen and oxygen atoms in total. The minimum absolute atomic E-state index is 0. The molecule has 0 radical (unpaired) electrons. The highest BCUT2D eigenvalue weighted by atomic mass is 127. The molecule has 4 aromatic carbocycles. The molecule has 6 aromatic rings.